The molecule has 4 rings (SSSR count). The molecule has 33 heavy (non-hydrogen) atoms. The van der Waals surface area contributed by atoms with E-state index in [0.717, 1.165) is 28.2 Å². The van der Waals surface area contributed by atoms with Crippen LogP contribution in [-0.2, 0) is 0 Å². The Kier molecular flexibility index (Phi) is 6.36. The van der Waals surface area contributed by atoms with Crippen molar-refractivity contribution in [2.24, 2.45) is 0 Å². The standard InChI is InChI=1S/C27H27N5O/c1-17-6-9-21(10-7-17)30-25-16-26(29-20(4)28-25)31-22-11-13-23(14-12-22)32-27(33)24-15-18(2)5-8-19(24)3/h5-16H,1-4H3,(H,32,33)(H2,28,29,30,31). The molecule has 1 amide bonds. The fourth-order valence-corrected chi connectivity index (χ4v) is 3.44. The maximum atomic E-state index is 12.7. The quantitative estimate of drug-likeness (QED) is 0.323. The molecule has 6 nitrogen and oxygen atoms in total. The maximum Gasteiger partial charge on any atom is 0.255 e. The molecule has 0 atom stereocenters. The van der Waals surface area contributed by atoms with Gasteiger partial charge in [-0.2, -0.15) is 0 Å². The van der Waals surface area contributed by atoms with Crippen molar-refractivity contribution >= 4 is 34.6 Å². The number of carbonyl (C=O) groups is 1. The fourth-order valence-electron chi connectivity index (χ4n) is 3.44. The van der Waals surface area contributed by atoms with Crippen LogP contribution in [0.25, 0.3) is 0 Å². The zero-order valence-corrected chi connectivity index (χ0v) is 19.2. The maximum absolute atomic E-state index is 12.7. The molecule has 6 heteroatoms. The zero-order chi connectivity index (χ0) is 23.4. The van der Waals surface area contributed by atoms with Gasteiger partial charge in [-0.15, -0.1) is 0 Å². The lowest BCUT2D eigenvalue weighted by atomic mass is 10.1. The van der Waals surface area contributed by atoms with Crippen LogP contribution in [0.5, 0.6) is 0 Å². The second kappa shape index (κ2) is 9.53. The Morgan fingerprint density at radius 2 is 1.15 bits per heavy atom. The smallest absolute Gasteiger partial charge is 0.255 e. The first-order valence-corrected chi connectivity index (χ1v) is 10.8. The number of aryl methyl sites for hydroxylation is 4. The number of nitrogens with zero attached hydrogens (tertiary/aromatic N) is 2. The lowest BCUT2D eigenvalue weighted by Crippen LogP contribution is -2.13. The van der Waals surface area contributed by atoms with Gasteiger partial charge in [0.2, 0.25) is 0 Å². The zero-order valence-electron chi connectivity index (χ0n) is 19.2. The summed E-state index contributed by atoms with van der Waals surface area (Å²) < 4.78 is 0. The van der Waals surface area contributed by atoms with Crippen molar-refractivity contribution in [2.75, 3.05) is 16.0 Å². The van der Waals surface area contributed by atoms with E-state index in [1.807, 2.05) is 81.4 Å². The number of hydrogen-bond donors (Lipinski definition) is 3. The summed E-state index contributed by atoms with van der Waals surface area (Å²) in [5, 5.41) is 9.58. The molecule has 3 aromatic carbocycles. The van der Waals surface area contributed by atoms with Gasteiger partial charge in [0, 0.05) is 28.7 Å². The summed E-state index contributed by atoms with van der Waals surface area (Å²) in [5.41, 5.74) is 6.45. The third-order valence-electron chi connectivity index (χ3n) is 5.21. The predicted octanol–water partition coefficient (Wildman–Crippen LogP) is 6.45. The summed E-state index contributed by atoms with van der Waals surface area (Å²) in [4.78, 5) is 21.6. The summed E-state index contributed by atoms with van der Waals surface area (Å²) >= 11 is 0. The van der Waals surface area contributed by atoms with Crippen LogP contribution in [0.1, 0.15) is 32.9 Å². The molecule has 0 unspecified atom stereocenters. The molecule has 0 aliphatic carbocycles. The Balaban J connectivity index is 1.44. The van der Waals surface area contributed by atoms with Crippen molar-refractivity contribution in [1.82, 2.24) is 9.97 Å². The molecule has 0 fully saturated rings. The summed E-state index contributed by atoms with van der Waals surface area (Å²) in [6, 6.07) is 23.4. The van der Waals surface area contributed by atoms with Crippen molar-refractivity contribution in [1.29, 1.82) is 0 Å². The molecular weight excluding hydrogens is 410 g/mol. The Morgan fingerprint density at radius 1 is 0.636 bits per heavy atom. The number of aromatic nitrogens is 2. The number of nitrogens with one attached hydrogen (secondary N) is 3. The average Bonchev–Trinajstić information content (AvgIpc) is 2.78. The second-order valence-corrected chi connectivity index (χ2v) is 8.15. The molecule has 0 radical (unpaired) electrons. The molecule has 0 aliphatic heterocycles. The Morgan fingerprint density at radius 3 is 1.76 bits per heavy atom. The molecular formula is C27H27N5O. The molecule has 1 heterocycles. The van der Waals surface area contributed by atoms with E-state index in [1.165, 1.54) is 5.56 Å². The van der Waals surface area contributed by atoms with Gasteiger partial charge in [-0.05, 0) is 75.7 Å². The van der Waals surface area contributed by atoms with Crippen LogP contribution >= 0.6 is 0 Å². The molecule has 166 valence electrons. The minimum Gasteiger partial charge on any atom is -0.340 e. The van der Waals surface area contributed by atoms with Crippen molar-refractivity contribution in [3.8, 4) is 0 Å². The second-order valence-electron chi connectivity index (χ2n) is 8.15. The summed E-state index contributed by atoms with van der Waals surface area (Å²) in [5.74, 6) is 1.94. The molecule has 1 aromatic heterocycles. The van der Waals surface area contributed by atoms with Crippen LogP contribution in [0.4, 0.5) is 28.7 Å². The van der Waals surface area contributed by atoms with Crippen molar-refractivity contribution in [3.05, 3.63) is 101 Å². The van der Waals surface area contributed by atoms with Gasteiger partial charge >= 0.3 is 0 Å². The molecule has 0 aliphatic rings. The van der Waals surface area contributed by atoms with Gasteiger partial charge in [-0.3, -0.25) is 4.79 Å². The van der Waals surface area contributed by atoms with Gasteiger partial charge in [-0.1, -0.05) is 35.4 Å². The monoisotopic (exact) mass is 437 g/mol. The van der Waals surface area contributed by atoms with E-state index >= 15 is 0 Å². The Bertz CT molecular complexity index is 1280. The van der Waals surface area contributed by atoms with E-state index in [4.69, 9.17) is 0 Å². The number of hydrogen-bond acceptors (Lipinski definition) is 5. The minimum atomic E-state index is -0.116. The molecule has 4 aromatic rings. The van der Waals surface area contributed by atoms with Gasteiger partial charge < -0.3 is 16.0 Å². The number of rotatable bonds is 6. The van der Waals surface area contributed by atoms with Crippen molar-refractivity contribution < 1.29 is 4.79 Å². The summed E-state index contributed by atoms with van der Waals surface area (Å²) in [6.45, 7) is 7.83. The first-order chi connectivity index (χ1) is 15.9. The van der Waals surface area contributed by atoms with E-state index < -0.39 is 0 Å². The Hall–Kier alpha value is -4.19. The van der Waals surface area contributed by atoms with Crippen LogP contribution in [-0.4, -0.2) is 15.9 Å². The van der Waals surface area contributed by atoms with Gasteiger partial charge in [0.05, 0.1) is 0 Å². The number of benzene rings is 3. The average molecular weight is 438 g/mol. The predicted molar refractivity (Wildman–Crippen MR) is 135 cm³/mol. The van der Waals surface area contributed by atoms with Crippen LogP contribution < -0.4 is 16.0 Å². The fraction of sp³-hybridized carbons (Fsp3) is 0.148. The molecule has 3 N–H and O–H groups in total. The largest absolute Gasteiger partial charge is 0.340 e. The highest BCUT2D eigenvalue weighted by molar-refractivity contribution is 6.05. The van der Waals surface area contributed by atoms with Gasteiger partial charge in [0.15, 0.2) is 0 Å². The van der Waals surface area contributed by atoms with Crippen LogP contribution in [0, 0.1) is 27.7 Å². The van der Waals surface area contributed by atoms with E-state index in [1.54, 1.807) is 0 Å². The highest BCUT2D eigenvalue weighted by Gasteiger charge is 2.10. The highest BCUT2D eigenvalue weighted by atomic mass is 16.1. The Labute approximate surface area is 194 Å². The molecule has 0 saturated heterocycles. The topological polar surface area (TPSA) is 78.9 Å². The van der Waals surface area contributed by atoms with E-state index in [9.17, 15) is 4.79 Å². The van der Waals surface area contributed by atoms with E-state index in [0.29, 0.717) is 23.0 Å². The van der Waals surface area contributed by atoms with Crippen LogP contribution in [0.3, 0.4) is 0 Å². The summed E-state index contributed by atoms with van der Waals surface area (Å²) in [6.07, 6.45) is 0. The molecule has 0 bridgehead atoms. The van der Waals surface area contributed by atoms with Crippen molar-refractivity contribution in [2.45, 2.75) is 27.7 Å². The normalized spacial score (nSPS) is 10.5. The number of carbonyl (C=O) groups excluding carboxylic acids is 1. The van der Waals surface area contributed by atoms with E-state index in [-0.39, 0.29) is 5.91 Å². The van der Waals surface area contributed by atoms with Crippen LogP contribution in [0.15, 0.2) is 72.8 Å². The van der Waals surface area contributed by atoms with Crippen LogP contribution in [0.2, 0.25) is 0 Å². The SMILES string of the molecule is Cc1ccc(Nc2cc(Nc3ccc(NC(=O)c4cc(C)ccc4C)cc3)nc(C)n2)cc1. The number of amides is 1. The minimum absolute atomic E-state index is 0.116. The third kappa shape index (κ3) is 5.74. The van der Waals surface area contributed by atoms with Crippen molar-refractivity contribution in [3.63, 3.8) is 0 Å². The van der Waals surface area contributed by atoms with Gasteiger partial charge in [0.1, 0.15) is 17.5 Å². The number of anilines is 5. The highest BCUT2D eigenvalue weighted by Crippen LogP contribution is 2.22. The van der Waals surface area contributed by atoms with Gasteiger partial charge in [0.25, 0.3) is 5.91 Å². The lowest BCUT2D eigenvalue weighted by molar-refractivity contribution is 0.102. The van der Waals surface area contributed by atoms with E-state index in [2.05, 4.69) is 45.0 Å². The molecule has 0 saturated carbocycles. The molecule has 0 spiro atoms. The van der Waals surface area contributed by atoms with Gasteiger partial charge in [-0.25, -0.2) is 9.97 Å². The first-order valence-electron chi connectivity index (χ1n) is 10.8. The first kappa shape index (κ1) is 22.0. The summed E-state index contributed by atoms with van der Waals surface area (Å²) in [7, 11) is 0. The lowest BCUT2D eigenvalue weighted by Gasteiger charge is -2.12. The third-order valence-corrected chi connectivity index (χ3v) is 5.21.